The number of rotatable bonds is 2. The normalized spacial score (nSPS) is 9.73. The molecule has 0 unspecified atom stereocenters. The lowest BCUT2D eigenvalue weighted by molar-refractivity contribution is 1.28. The Hall–Kier alpha value is -0.630. The molecule has 0 aromatic heterocycles. The van der Waals surface area contributed by atoms with Gasteiger partial charge in [0.25, 0.3) is 0 Å². The van der Waals surface area contributed by atoms with Gasteiger partial charge in [-0.2, -0.15) is 0 Å². The van der Waals surface area contributed by atoms with Crippen LogP contribution in [0.3, 0.4) is 0 Å². The highest BCUT2D eigenvalue weighted by atomic mass is 32.2. The summed E-state index contributed by atoms with van der Waals surface area (Å²) in [5.41, 5.74) is 2.56. The van der Waals surface area contributed by atoms with E-state index in [-0.39, 0.29) is 0 Å². The summed E-state index contributed by atoms with van der Waals surface area (Å²) in [6, 6.07) is 6.30. The average Bonchev–Trinajstić information content (AvgIpc) is 2.04. The summed E-state index contributed by atoms with van der Waals surface area (Å²) >= 11 is 1.78. The molecule has 11 heavy (non-hydrogen) atoms. The summed E-state index contributed by atoms with van der Waals surface area (Å²) in [5.74, 6) is 0. The van der Waals surface area contributed by atoms with Crippen molar-refractivity contribution in [2.75, 3.05) is 18.6 Å². The first kappa shape index (κ1) is 8.47. The number of benzene rings is 1. The van der Waals surface area contributed by atoms with E-state index in [4.69, 9.17) is 0 Å². The van der Waals surface area contributed by atoms with E-state index < -0.39 is 0 Å². The van der Waals surface area contributed by atoms with Gasteiger partial charge in [-0.25, -0.2) is 0 Å². The zero-order chi connectivity index (χ0) is 8.27. The van der Waals surface area contributed by atoms with Crippen LogP contribution in [0.15, 0.2) is 23.1 Å². The second-order valence-corrected chi connectivity index (χ2v) is 3.22. The first-order valence-corrected chi connectivity index (χ1v) is 4.83. The van der Waals surface area contributed by atoms with Crippen molar-refractivity contribution in [2.24, 2.45) is 0 Å². The van der Waals surface area contributed by atoms with Gasteiger partial charge in [0.15, 0.2) is 0 Å². The first-order valence-electron chi connectivity index (χ1n) is 3.61. The van der Waals surface area contributed by atoms with E-state index in [0.717, 1.165) is 0 Å². The highest BCUT2D eigenvalue weighted by Gasteiger charge is 2.00. The molecule has 0 amide bonds. The minimum atomic E-state index is 1.22. The molecule has 0 saturated heterocycles. The van der Waals surface area contributed by atoms with E-state index in [1.54, 1.807) is 11.8 Å². The summed E-state index contributed by atoms with van der Waals surface area (Å²) in [6.45, 7) is 2.13. The second-order valence-electron chi connectivity index (χ2n) is 2.41. The molecule has 1 nitrogen and oxygen atoms in total. The Kier molecular flexibility index (Phi) is 2.83. The number of thioether (sulfide) groups is 1. The molecule has 0 heterocycles. The molecule has 0 aliphatic rings. The minimum absolute atomic E-state index is 1.22. The molecule has 0 bridgehead atoms. The smallest absolute Gasteiger partial charge is 0.0478 e. The Labute approximate surface area is 72.2 Å². The van der Waals surface area contributed by atoms with Gasteiger partial charge in [-0.3, -0.25) is 0 Å². The third-order valence-corrected chi connectivity index (χ3v) is 2.64. The summed E-state index contributed by atoms with van der Waals surface area (Å²) in [6.07, 6.45) is 2.10. The molecule has 0 aliphatic carbocycles. The summed E-state index contributed by atoms with van der Waals surface area (Å²) in [5, 5.41) is 3.17. The maximum atomic E-state index is 3.17. The van der Waals surface area contributed by atoms with E-state index in [9.17, 15) is 0 Å². The molecule has 0 saturated carbocycles. The predicted octanol–water partition coefficient (Wildman–Crippen LogP) is 2.76. The van der Waals surface area contributed by atoms with Crippen LogP contribution >= 0.6 is 11.8 Å². The summed E-state index contributed by atoms with van der Waals surface area (Å²) in [4.78, 5) is 1.34. The molecule has 1 N–H and O–H groups in total. The Morgan fingerprint density at radius 2 is 2.09 bits per heavy atom. The Morgan fingerprint density at radius 1 is 1.36 bits per heavy atom. The van der Waals surface area contributed by atoms with Gasteiger partial charge in [-0.1, -0.05) is 12.1 Å². The van der Waals surface area contributed by atoms with E-state index in [0.29, 0.717) is 0 Å². The second kappa shape index (κ2) is 3.67. The van der Waals surface area contributed by atoms with Crippen molar-refractivity contribution in [3.63, 3.8) is 0 Å². The highest BCUT2D eigenvalue weighted by Crippen LogP contribution is 2.27. The van der Waals surface area contributed by atoms with Crippen molar-refractivity contribution in [3.05, 3.63) is 23.8 Å². The zero-order valence-corrected chi connectivity index (χ0v) is 7.96. The lowest BCUT2D eigenvalue weighted by atomic mass is 10.2. The number of hydrogen-bond donors (Lipinski definition) is 1. The number of nitrogens with one attached hydrogen (secondary N) is 1. The van der Waals surface area contributed by atoms with Crippen LogP contribution in [-0.4, -0.2) is 13.3 Å². The highest BCUT2D eigenvalue weighted by molar-refractivity contribution is 7.98. The van der Waals surface area contributed by atoms with Crippen molar-refractivity contribution in [1.82, 2.24) is 0 Å². The molecule has 1 aromatic carbocycles. The first-order chi connectivity index (χ1) is 5.29. The van der Waals surface area contributed by atoms with Gasteiger partial charge in [0.05, 0.1) is 0 Å². The number of hydrogen-bond acceptors (Lipinski definition) is 2. The molecule has 0 atom stereocenters. The van der Waals surface area contributed by atoms with Gasteiger partial charge in [-0.15, -0.1) is 11.8 Å². The maximum absolute atomic E-state index is 3.17. The molecular weight excluding hydrogens is 154 g/mol. The summed E-state index contributed by atoms with van der Waals surface area (Å²) in [7, 11) is 1.95. The monoisotopic (exact) mass is 167 g/mol. The Bertz CT molecular complexity index is 245. The van der Waals surface area contributed by atoms with Gasteiger partial charge < -0.3 is 5.32 Å². The van der Waals surface area contributed by atoms with Crippen molar-refractivity contribution < 1.29 is 0 Å². The molecule has 0 spiro atoms. The SMILES string of the molecule is CNc1cccc(C)c1SC. The third kappa shape index (κ3) is 1.69. The quantitative estimate of drug-likeness (QED) is 0.680. The molecule has 1 aromatic rings. The van der Waals surface area contributed by atoms with Crippen LogP contribution in [0.2, 0.25) is 0 Å². The van der Waals surface area contributed by atoms with Gasteiger partial charge in [0.1, 0.15) is 0 Å². The maximum Gasteiger partial charge on any atom is 0.0478 e. The molecule has 0 fully saturated rings. The van der Waals surface area contributed by atoms with E-state index >= 15 is 0 Å². The fraction of sp³-hybridized carbons (Fsp3) is 0.333. The van der Waals surface area contributed by atoms with E-state index in [2.05, 4.69) is 36.7 Å². The topological polar surface area (TPSA) is 12.0 Å². The fourth-order valence-corrected chi connectivity index (χ4v) is 1.90. The van der Waals surface area contributed by atoms with Crippen LogP contribution in [0, 0.1) is 6.92 Å². The van der Waals surface area contributed by atoms with Gasteiger partial charge in [0.2, 0.25) is 0 Å². The Morgan fingerprint density at radius 3 is 2.55 bits per heavy atom. The van der Waals surface area contributed by atoms with Crippen molar-refractivity contribution >= 4 is 17.4 Å². The molecule has 2 heteroatoms. The number of anilines is 1. The minimum Gasteiger partial charge on any atom is -0.387 e. The van der Waals surface area contributed by atoms with Crippen LogP contribution < -0.4 is 5.32 Å². The van der Waals surface area contributed by atoms with Crippen LogP contribution in [0.25, 0.3) is 0 Å². The molecule has 1 rings (SSSR count). The molecular formula is C9H13NS. The van der Waals surface area contributed by atoms with E-state index in [1.807, 2.05) is 7.05 Å². The van der Waals surface area contributed by atoms with Gasteiger partial charge >= 0.3 is 0 Å². The van der Waals surface area contributed by atoms with Crippen LogP contribution in [0.1, 0.15) is 5.56 Å². The van der Waals surface area contributed by atoms with Crippen molar-refractivity contribution in [3.8, 4) is 0 Å². The van der Waals surface area contributed by atoms with Gasteiger partial charge in [0, 0.05) is 17.6 Å². The largest absolute Gasteiger partial charge is 0.387 e. The lowest BCUT2D eigenvalue weighted by Gasteiger charge is -2.08. The van der Waals surface area contributed by atoms with Crippen molar-refractivity contribution in [2.45, 2.75) is 11.8 Å². The molecule has 0 aliphatic heterocycles. The van der Waals surface area contributed by atoms with Crippen LogP contribution in [0.5, 0.6) is 0 Å². The predicted molar refractivity (Wildman–Crippen MR) is 52.5 cm³/mol. The lowest BCUT2D eigenvalue weighted by Crippen LogP contribution is -1.91. The van der Waals surface area contributed by atoms with Crippen molar-refractivity contribution in [1.29, 1.82) is 0 Å². The van der Waals surface area contributed by atoms with Crippen LogP contribution in [0.4, 0.5) is 5.69 Å². The summed E-state index contributed by atoms with van der Waals surface area (Å²) < 4.78 is 0. The molecule has 0 radical (unpaired) electrons. The van der Waals surface area contributed by atoms with E-state index in [1.165, 1.54) is 16.1 Å². The van der Waals surface area contributed by atoms with Gasteiger partial charge in [-0.05, 0) is 24.8 Å². The average molecular weight is 167 g/mol. The fourth-order valence-electron chi connectivity index (χ4n) is 1.12. The third-order valence-electron chi connectivity index (χ3n) is 1.69. The standard InChI is InChI=1S/C9H13NS/c1-7-5-4-6-8(10-2)9(7)11-3/h4-6,10H,1-3H3. The molecule has 60 valence electrons. The number of aryl methyl sites for hydroxylation is 1. The van der Waals surface area contributed by atoms with Crippen LogP contribution in [-0.2, 0) is 0 Å². The Balaban J connectivity index is 3.13. The zero-order valence-electron chi connectivity index (χ0n) is 7.14.